The smallest absolute Gasteiger partial charge is 0.355 e. The minimum Gasteiger partial charge on any atom is -0.466 e. The van der Waals surface area contributed by atoms with E-state index in [-0.39, 0.29) is 30.2 Å². The minimum absolute atomic E-state index is 0.0200. The van der Waals surface area contributed by atoms with E-state index in [1.807, 2.05) is 0 Å². The zero-order valence-corrected chi connectivity index (χ0v) is 12.5. The molecule has 1 heterocycles. The lowest BCUT2D eigenvalue weighted by atomic mass is 10.1. The Kier molecular flexibility index (Phi) is 4.93. The maximum absolute atomic E-state index is 13.5. The highest BCUT2D eigenvalue weighted by Crippen LogP contribution is 2.28. The first-order chi connectivity index (χ1) is 11.0. The summed E-state index contributed by atoms with van der Waals surface area (Å²) in [6.45, 7) is -0.193. The highest BCUT2D eigenvalue weighted by atomic mass is 19.1. The Morgan fingerprint density at radius 1 is 1.30 bits per heavy atom. The molecule has 1 aliphatic heterocycles. The molecule has 0 unspecified atom stereocenters. The van der Waals surface area contributed by atoms with E-state index in [0.717, 1.165) is 6.07 Å². The predicted octanol–water partition coefficient (Wildman–Crippen LogP) is 1.09. The number of methoxy groups -OCH3 is 2. The van der Waals surface area contributed by atoms with Crippen molar-refractivity contribution < 1.29 is 28.2 Å². The maximum atomic E-state index is 13.5. The Morgan fingerprint density at radius 2 is 2.00 bits per heavy atom. The lowest BCUT2D eigenvalue weighted by molar-refractivity contribution is -0.140. The van der Waals surface area contributed by atoms with Gasteiger partial charge in [0.2, 0.25) is 0 Å². The molecule has 0 aliphatic carbocycles. The van der Waals surface area contributed by atoms with Crippen LogP contribution < -0.4 is 4.90 Å². The first kappa shape index (κ1) is 16.5. The third kappa shape index (κ3) is 3.14. The van der Waals surface area contributed by atoms with Gasteiger partial charge in [-0.3, -0.25) is 0 Å². The highest BCUT2D eigenvalue weighted by Gasteiger charge is 2.32. The molecular formula is C15H13FN2O5. The molecule has 0 aromatic heterocycles. The number of nitriles is 1. The van der Waals surface area contributed by atoms with Crippen molar-refractivity contribution >= 4 is 17.6 Å². The number of halogens is 1. The fourth-order valence-corrected chi connectivity index (χ4v) is 2.11. The third-order valence-corrected chi connectivity index (χ3v) is 3.22. The Balaban J connectivity index is 2.57. The molecule has 1 aliphatic rings. The molecule has 1 aromatic carbocycles. The third-order valence-electron chi connectivity index (χ3n) is 3.22. The number of carbonyl (C=O) groups is 2. The van der Waals surface area contributed by atoms with Gasteiger partial charge in [0.1, 0.15) is 24.3 Å². The van der Waals surface area contributed by atoms with Gasteiger partial charge in [0.15, 0.2) is 0 Å². The molecular weight excluding hydrogens is 307 g/mol. The van der Waals surface area contributed by atoms with Crippen LogP contribution in [0.2, 0.25) is 0 Å². The van der Waals surface area contributed by atoms with Crippen molar-refractivity contribution in [1.82, 2.24) is 0 Å². The standard InChI is InChI=1S/C15H13FN2O5/c1-21-14(19)11-7-23-8-18(13(11)15(20)22-2)10-3-4-12(16)9(5-10)6-17/h3-5H,7-8H2,1-2H3. The SMILES string of the molecule is COC(=O)C1=C(C(=O)OC)N(c2ccc(F)c(C#N)c2)COC1. The predicted molar refractivity (Wildman–Crippen MR) is 75.5 cm³/mol. The minimum atomic E-state index is -0.767. The van der Waals surface area contributed by atoms with Crippen LogP contribution in [-0.2, 0) is 23.8 Å². The zero-order valence-electron chi connectivity index (χ0n) is 12.5. The largest absolute Gasteiger partial charge is 0.466 e. The lowest BCUT2D eigenvalue weighted by Gasteiger charge is -2.31. The molecule has 0 radical (unpaired) electrons. The number of carbonyl (C=O) groups excluding carboxylic acids is 2. The Hall–Kier alpha value is -2.92. The van der Waals surface area contributed by atoms with E-state index in [2.05, 4.69) is 4.74 Å². The van der Waals surface area contributed by atoms with Crippen molar-refractivity contribution in [2.45, 2.75) is 0 Å². The molecule has 0 amide bonds. The van der Waals surface area contributed by atoms with Gasteiger partial charge in [-0.1, -0.05) is 0 Å². The first-order valence-electron chi connectivity index (χ1n) is 6.48. The van der Waals surface area contributed by atoms with Crippen LogP contribution in [0.1, 0.15) is 5.56 Å². The molecule has 0 N–H and O–H groups in total. The van der Waals surface area contributed by atoms with Crippen molar-refractivity contribution in [3.05, 3.63) is 40.8 Å². The van der Waals surface area contributed by atoms with E-state index in [1.54, 1.807) is 6.07 Å². The highest BCUT2D eigenvalue weighted by molar-refractivity contribution is 6.03. The summed E-state index contributed by atoms with van der Waals surface area (Å²) in [5.41, 5.74) is 0.0240. The fourth-order valence-electron chi connectivity index (χ4n) is 2.11. The van der Waals surface area contributed by atoms with Crippen LogP contribution in [0.25, 0.3) is 0 Å². The van der Waals surface area contributed by atoms with Gasteiger partial charge in [-0.2, -0.15) is 5.26 Å². The van der Waals surface area contributed by atoms with Crippen LogP contribution in [0.3, 0.4) is 0 Å². The number of anilines is 1. The molecule has 0 bridgehead atoms. The van der Waals surface area contributed by atoms with E-state index in [9.17, 15) is 14.0 Å². The summed E-state index contributed by atoms with van der Waals surface area (Å²) >= 11 is 0. The van der Waals surface area contributed by atoms with Crippen molar-refractivity contribution in [2.24, 2.45) is 0 Å². The molecule has 1 aromatic rings. The number of esters is 2. The van der Waals surface area contributed by atoms with E-state index in [0.29, 0.717) is 5.69 Å². The molecule has 0 saturated carbocycles. The molecule has 120 valence electrons. The van der Waals surface area contributed by atoms with E-state index < -0.39 is 17.8 Å². The fraction of sp³-hybridized carbons (Fsp3) is 0.267. The second-order valence-corrected chi connectivity index (χ2v) is 4.49. The van der Waals surface area contributed by atoms with E-state index in [1.165, 1.54) is 31.3 Å². The average molecular weight is 320 g/mol. The maximum Gasteiger partial charge on any atom is 0.355 e. The number of hydrogen-bond acceptors (Lipinski definition) is 7. The van der Waals surface area contributed by atoms with Gasteiger partial charge in [-0.05, 0) is 18.2 Å². The Bertz CT molecular complexity index is 723. The first-order valence-corrected chi connectivity index (χ1v) is 6.48. The van der Waals surface area contributed by atoms with Crippen molar-refractivity contribution in [3.8, 4) is 6.07 Å². The number of nitrogens with zero attached hydrogens (tertiary/aromatic N) is 2. The molecule has 8 heteroatoms. The van der Waals surface area contributed by atoms with Gasteiger partial charge in [-0.15, -0.1) is 0 Å². The number of rotatable bonds is 3. The second kappa shape index (κ2) is 6.89. The van der Waals surface area contributed by atoms with Gasteiger partial charge >= 0.3 is 11.9 Å². The van der Waals surface area contributed by atoms with Gasteiger partial charge in [0.25, 0.3) is 0 Å². The normalized spacial score (nSPS) is 14.3. The van der Waals surface area contributed by atoms with Gasteiger partial charge in [-0.25, -0.2) is 14.0 Å². The molecule has 7 nitrogen and oxygen atoms in total. The van der Waals surface area contributed by atoms with Crippen molar-refractivity contribution in [1.29, 1.82) is 5.26 Å². The summed E-state index contributed by atoms with van der Waals surface area (Å²) in [5, 5.41) is 8.92. The average Bonchev–Trinajstić information content (AvgIpc) is 2.60. The Morgan fingerprint density at radius 3 is 2.61 bits per heavy atom. The lowest BCUT2D eigenvalue weighted by Crippen LogP contribution is -2.38. The van der Waals surface area contributed by atoms with Crippen molar-refractivity contribution in [2.75, 3.05) is 32.5 Å². The van der Waals surface area contributed by atoms with Crippen LogP contribution in [0.5, 0.6) is 0 Å². The van der Waals surface area contributed by atoms with Crippen LogP contribution in [0.4, 0.5) is 10.1 Å². The second-order valence-electron chi connectivity index (χ2n) is 4.49. The topological polar surface area (TPSA) is 88.9 Å². The van der Waals surface area contributed by atoms with E-state index >= 15 is 0 Å². The zero-order chi connectivity index (χ0) is 17.0. The quantitative estimate of drug-likeness (QED) is 0.770. The van der Waals surface area contributed by atoms with Crippen LogP contribution in [-0.4, -0.2) is 39.5 Å². The molecule has 0 saturated heterocycles. The summed E-state index contributed by atoms with van der Waals surface area (Å²) in [4.78, 5) is 25.2. The molecule has 0 atom stereocenters. The number of hydrogen-bond donors (Lipinski definition) is 0. The summed E-state index contributed by atoms with van der Waals surface area (Å²) in [6.07, 6.45) is 0. The van der Waals surface area contributed by atoms with Crippen LogP contribution >= 0.6 is 0 Å². The van der Waals surface area contributed by atoms with Gasteiger partial charge in [0.05, 0.1) is 32.0 Å². The number of benzene rings is 1. The summed E-state index contributed by atoms with van der Waals surface area (Å²) in [5.74, 6) is -2.19. The summed E-state index contributed by atoms with van der Waals surface area (Å²) in [7, 11) is 2.35. The van der Waals surface area contributed by atoms with E-state index in [4.69, 9.17) is 14.7 Å². The molecule has 0 spiro atoms. The van der Waals surface area contributed by atoms with Gasteiger partial charge in [0, 0.05) is 5.69 Å². The Labute approximate surface area is 131 Å². The number of ether oxygens (including phenoxy) is 3. The van der Waals surface area contributed by atoms with Crippen molar-refractivity contribution in [3.63, 3.8) is 0 Å². The monoisotopic (exact) mass is 320 g/mol. The molecule has 2 rings (SSSR count). The summed E-state index contributed by atoms with van der Waals surface area (Å²) in [6, 6.07) is 5.42. The van der Waals surface area contributed by atoms with Crippen LogP contribution in [0, 0.1) is 17.1 Å². The molecule has 0 fully saturated rings. The summed E-state index contributed by atoms with van der Waals surface area (Å²) < 4.78 is 28.1. The van der Waals surface area contributed by atoms with Gasteiger partial charge < -0.3 is 19.1 Å². The van der Waals surface area contributed by atoms with Crippen LogP contribution in [0.15, 0.2) is 29.5 Å². The molecule has 23 heavy (non-hydrogen) atoms.